The molecule has 2 atom stereocenters. The van der Waals surface area contributed by atoms with Crippen molar-refractivity contribution >= 4 is 22.8 Å². The standard InChI is InChI=1S/C14H21N3OS/c1-4-11(15)9(3)19-14-16-12-7-6-10(18-5-2)8-13(12)17-14/h6-9,11H,4-5,15H2,1-3H3,(H,16,17). The van der Waals surface area contributed by atoms with Crippen LogP contribution in [-0.2, 0) is 0 Å². The summed E-state index contributed by atoms with van der Waals surface area (Å²) in [4.78, 5) is 7.89. The highest BCUT2D eigenvalue weighted by atomic mass is 32.2. The van der Waals surface area contributed by atoms with Crippen molar-refractivity contribution in [2.75, 3.05) is 6.61 Å². The molecule has 104 valence electrons. The van der Waals surface area contributed by atoms with E-state index in [0.717, 1.165) is 28.4 Å². The number of thioether (sulfide) groups is 1. The van der Waals surface area contributed by atoms with Crippen LogP contribution in [0.5, 0.6) is 5.75 Å². The van der Waals surface area contributed by atoms with Crippen LogP contribution in [0.1, 0.15) is 27.2 Å². The van der Waals surface area contributed by atoms with E-state index in [9.17, 15) is 0 Å². The third kappa shape index (κ3) is 3.42. The SMILES string of the molecule is CCOc1ccc2nc(SC(C)C(N)CC)[nH]c2c1. The van der Waals surface area contributed by atoms with Gasteiger partial charge in [0.15, 0.2) is 5.16 Å². The summed E-state index contributed by atoms with van der Waals surface area (Å²) in [6.07, 6.45) is 0.975. The van der Waals surface area contributed by atoms with Crippen LogP contribution < -0.4 is 10.5 Å². The zero-order chi connectivity index (χ0) is 13.8. The van der Waals surface area contributed by atoms with Gasteiger partial charge in [0.25, 0.3) is 0 Å². The van der Waals surface area contributed by atoms with Crippen LogP contribution in [0, 0.1) is 0 Å². The maximum atomic E-state index is 6.04. The van der Waals surface area contributed by atoms with Gasteiger partial charge in [-0.2, -0.15) is 0 Å². The fourth-order valence-corrected chi connectivity index (χ4v) is 2.91. The molecular weight excluding hydrogens is 258 g/mol. The molecule has 0 aliphatic heterocycles. The first-order valence-corrected chi connectivity index (χ1v) is 7.56. The first kappa shape index (κ1) is 14.2. The first-order chi connectivity index (χ1) is 9.13. The predicted molar refractivity (Wildman–Crippen MR) is 80.8 cm³/mol. The molecule has 2 unspecified atom stereocenters. The van der Waals surface area contributed by atoms with Crippen molar-refractivity contribution in [2.24, 2.45) is 5.73 Å². The van der Waals surface area contributed by atoms with Crippen molar-refractivity contribution in [3.05, 3.63) is 18.2 Å². The lowest BCUT2D eigenvalue weighted by molar-refractivity contribution is 0.340. The lowest BCUT2D eigenvalue weighted by Crippen LogP contribution is -2.29. The summed E-state index contributed by atoms with van der Waals surface area (Å²) in [5.74, 6) is 0.869. The number of fused-ring (bicyclic) bond motifs is 1. The average Bonchev–Trinajstić information content (AvgIpc) is 2.79. The molecule has 1 heterocycles. The highest BCUT2D eigenvalue weighted by Gasteiger charge is 2.14. The van der Waals surface area contributed by atoms with E-state index >= 15 is 0 Å². The van der Waals surface area contributed by atoms with E-state index in [1.54, 1.807) is 11.8 Å². The van der Waals surface area contributed by atoms with Crippen LogP contribution in [-0.4, -0.2) is 27.9 Å². The molecule has 2 rings (SSSR count). The fraction of sp³-hybridized carbons (Fsp3) is 0.500. The minimum absolute atomic E-state index is 0.192. The highest BCUT2D eigenvalue weighted by molar-refractivity contribution is 7.99. The molecule has 0 bridgehead atoms. The third-order valence-electron chi connectivity index (χ3n) is 3.11. The molecule has 0 saturated heterocycles. The Hall–Kier alpha value is -1.20. The van der Waals surface area contributed by atoms with Gasteiger partial charge >= 0.3 is 0 Å². The van der Waals surface area contributed by atoms with Gasteiger partial charge in [-0.3, -0.25) is 0 Å². The van der Waals surface area contributed by atoms with Crippen LogP contribution in [0.15, 0.2) is 23.4 Å². The molecule has 5 heteroatoms. The Labute approximate surface area is 118 Å². The summed E-state index contributed by atoms with van der Waals surface area (Å²) < 4.78 is 5.49. The molecule has 2 aromatic rings. The number of hydrogen-bond acceptors (Lipinski definition) is 4. The maximum Gasteiger partial charge on any atom is 0.166 e. The smallest absolute Gasteiger partial charge is 0.166 e. The largest absolute Gasteiger partial charge is 0.494 e. The van der Waals surface area contributed by atoms with E-state index in [2.05, 4.69) is 23.8 Å². The van der Waals surface area contributed by atoms with Gasteiger partial charge < -0.3 is 15.5 Å². The number of H-pyrrole nitrogens is 1. The Morgan fingerprint density at radius 2 is 2.21 bits per heavy atom. The number of hydrogen-bond donors (Lipinski definition) is 2. The molecule has 1 aromatic carbocycles. The van der Waals surface area contributed by atoms with Crippen LogP contribution in [0.25, 0.3) is 11.0 Å². The number of nitrogens with one attached hydrogen (secondary N) is 1. The average molecular weight is 279 g/mol. The van der Waals surface area contributed by atoms with E-state index in [1.165, 1.54) is 0 Å². The highest BCUT2D eigenvalue weighted by Crippen LogP contribution is 2.27. The minimum Gasteiger partial charge on any atom is -0.494 e. The summed E-state index contributed by atoms with van der Waals surface area (Å²) >= 11 is 1.69. The van der Waals surface area contributed by atoms with Gasteiger partial charge in [0, 0.05) is 17.4 Å². The van der Waals surface area contributed by atoms with Crippen LogP contribution in [0.2, 0.25) is 0 Å². The summed E-state index contributed by atoms with van der Waals surface area (Å²) in [6.45, 7) is 6.89. The Balaban J connectivity index is 2.17. The molecular formula is C14H21N3OS. The fourth-order valence-electron chi connectivity index (χ4n) is 1.87. The van der Waals surface area contributed by atoms with E-state index in [0.29, 0.717) is 11.9 Å². The zero-order valence-electron chi connectivity index (χ0n) is 11.6. The second kappa shape index (κ2) is 6.30. The van der Waals surface area contributed by atoms with Gasteiger partial charge in [0.1, 0.15) is 5.75 Å². The van der Waals surface area contributed by atoms with E-state index in [1.807, 2.05) is 25.1 Å². The molecule has 0 aliphatic carbocycles. The Bertz CT molecular complexity index is 540. The number of aromatic nitrogens is 2. The van der Waals surface area contributed by atoms with E-state index in [4.69, 9.17) is 10.5 Å². The number of rotatable bonds is 6. The molecule has 0 spiro atoms. The van der Waals surface area contributed by atoms with Gasteiger partial charge in [0.05, 0.1) is 17.6 Å². The number of benzene rings is 1. The number of aromatic amines is 1. The van der Waals surface area contributed by atoms with Crippen LogP contribution >= 0.6 is 11.8 Å². The summed E-state index contributed by atoms with van der Waals surface area (Å²) in [6, 6.07) is 6.10. The van der Waals surface area contributed by atoms with Crippen molar-refractivity contribution in [3.8, 4) is 5.75 Å². The molecule has 0 amide bonds. The Morgan fingerprint density at radius 1 is 1.42 bits per heavy atom. The second-order valence-electron chi connectivity index (χ2n) is 4.55. The maximum absolute atomic E-state index is 6.04. The molecule has 0 fully saturated rings. The summed E-state index contributed by atoms with van der Waals surface area (Å²) in [5.41, 5.74) is 8.01. The van der Waals surface area contributed by atoms with Crippen molar-refractivity contribution in [2.45, 2.75) is 43.6 Å². The molecule has 0 saturated carbocycles. The summed E-state index contributed by atoms with van der Waals surface area (Å²) in [5, 5.41) is 1.26. The second-order valence-corrected chi connectivity index (χ2v) is 5.91. The molecule has 0 radical (unpaired) electrons. The van der Waals surface area contributed by atoms with Gasteiger partial charge in [-0.15, -0.1) is 0 Å². The van der Waals surface area contributed by atoms with E-state index in [-0.39, 0.29) is 6.04 Å². The number of imidazole rings is 1. The minimum atomic E-state index is 0.192. The number of nitrogens with zero attached hydrogens (tertiary/aromatic N) is 1. The van der Waals surface area contributed by atoms with Gasteiger partial charge in [-0.25, -0.2) is 4.98 Å². The first-order valence-electron chi connectivity index (χ1n) is 6.68. The molecule has 0 aliphatic rings. The van der Waals surface area contributed by atoms with Gasteiger partial charge in [-0.1, -0.05) is 25.6 Å². The number of nitrogens with two attached hydrogens (primary N) is 1. The predicted octanol–water partition coefficient (Wildman–Crippen LogP) is 3.18. The Morgan fingerprint density at radius 3 is 2.89 bits per heavy atom. The topological polar surface area (TPSA) is 63.9 Å². The third-order valence-corrected chi connectivity index (χ3v) is 4.25. The molecule has 3 N–H and O–H groups in total. The lowest BCUT2D eigenvalue weighted by atomic mass is 10.2. The quantitative estimate of drug-likeness (QED) is 0.797. The van der Waals surface area contributed by atoms with Gasteiger partial charge in [-0.05, 0) is 25.5 Å². The monoisotopic (exact) mass is 279 g/mol. The van der Waals surface area contributed by atoms with Gasteiger partial charge in [0.2, 0.25) is 0 Å². The molecule has 4 nitrogen and oxygen atoms in total. The molecule has 1 aromatic heterocycles. The van der Waals surface area contributed by atoms with E-state index < -0.39 is 0 Å². The zero-order valence-corrected chi connectivity index (χ0v) is 12.5. The lowest BCUT2D eigenvalue weighted by Gasteiger charge is -2.15. The van der Waals surface area contributed by atoms with Crippen molar-refractivity contribution in [1.82, 2.24) is 9.97 Å². The van der Waals surface area contributed by atoms with Crippen LogP contribution in [0.3, 0.4) is 0 Å². The van der Waals surface area contributed by atoms with Crippen LogP contribution in [0.4, 0.5) is 0 Å². The molecule has 19 heavy (non-hydrogen) atoms. The van der Waals surface area contributed by atoms with Crippen molar-refractivity contribution < 1.29 is 4.74 Å². The normalized spacial score (nSPS) is 14.5. The Kier molecular flexibility index (Phi) is 4.71. The summed E-state index contributed by atoms with van der Waals surface area (Å²) in [7, 11) is 0. The van der Waals surface area contributed by atoms with Crippen molar-refractivity contribution in [3.63, 3.8) is 0 Å². The number of ether oxygens (including phenoxy) is 1. The van der Waals surface area contributed by atoms with Crippen molar-refractivity contribution in [1.29, 1.82) is 0 Å².